The van der Waals surface area contributed by atoms with Gasteiger partial charge in [0.1, 0.15) is 5.82 Å². The zero-order valence-electron chi connectivity index (χ0n) is 18.7. The number of aryl methyl sites for hydroxylation is 2. The van der Waals surface area contributed by atoms with Crippen LogP contribution in [-0.4, -0.2) is 51.2 Å². The monoisotopic (exact) mass is 438 g/mol. The third-order valence-corrected chi connectivity index (χ3v) is 6.53. The molecule has 2 saturated heterocycles. The van der Waals surface area contributed by atoms with Gasteiger partial charge in [-0.15, -0.1) is 0 Å². The number of amides is 2. The van der Waals surface area contributed by atoms with Gasteiger partial charge in [-0.3, -0.25) is 9.59 Å². The maximum atomic E-state index is 13.1. The number of aromatic nitrogens is 2. The summed E-state index contributed by atoms with van der Waals surface area (Å²) in [5, 5.41) is 0. The van der Waals surface area contributed by atoms with E-state index in [1.165, 1.54) is 18.6 Å². The van der Waals surface area contributed by atoms with Crippen LogP contribution in [0.4, 0.5) is 4.39 Å². The standard InChI is InChI=1S/C25H31FN4O2/c1-18-21(25(32)29-14-4-2-5-15-29)17-27-24(28-18)22-7-3-6-16-30(22)23(31)13-10-19-8-11-20(26)12-9-19/h8-9,11-12,17,22H,2-7,10,13-16H2,1H3/t22-/m1/s1. The molecule has 4 rings (SSSR count). The van der Waals surface area contributed by atoms with Crippen LogP contribution >= 0.6 is 0 Å². The molecule has 0 unspecified atom stereocenters. The molecule has 0 spiro atoms. The normalized spacial score (nSPS) is 19.1. The highest BCUT2D eigenvalue weighted by atomic mass is 19.1. The van der Waals surface area contributed by atoms with Crippen molar-refractivity contribution in [1.29, 1.82) is 0 Å². The van der Waals surface area contributed by atoms with E-state index in [-0.39, 0.29) is 23.7 Å². The van der Waals surface area contributed by atoms with Crippen LogP contribution in [0.5, 0.6) is 0 Å². The lowest BCUT2D eigenvalue weighted by molar-refractivity contribution is -0.135. The van der Waals surface area contributed by atoms with Crippen LogP contribution in [0.25, 0.3) is 0 Å². The van der Waals surface area contributed by atoms with Crippen LogP contribution in [0.1, 0.15) is 78.4 Å². The molecule has 1 aromatic carbocycles. The third-order valence-electron chi connectivity index (χ3n) is 6.53. The molecule has 0 aliphatic carbocycles. The average Bonchev–Trinajstić information content (AvgIpc) is 2.83. The number of halogens is 1. The minimum Gasteiger partial charge on any atom is -0.339 e. The second-order valence-electron chi connectivity index (χ2n) is 8.81. The Hall–Kier alpha value is -2.83. The Morgan fingerprint density at radius 1 is 1.03 bits per heavy atom. The van der Waals surface area contributed by atoms with Crippen molar-refractivity contribution in [1.82, 2.24) is 19.8 Å². The summed E-state index contributed by atoms with van der Waals surface area (Å²) < 4.78 is 13.1. The van der Waals surface area contributed by atoms with Gasteiger partial charge >= 0.3 is 0 Å². The maximum Gasteiger partial charge on any atom is 0.257 e. The van der Waals surface area contributed by atoms with Crippen LogP contribution in [0.3, 0.4) is 0 Å². The zero-order chi connectivity index (χ0) is 22.5. The summed E-state index contributed by atoms with van der Waals surface area (Å²) in [6.07, 6.45) is 8.64. The molecule has 7 heteroatoms. The van der Waals surface area contributed by atoms with E-state index in [1.807, 2.05) is 16.7 Å². The molecule has 0 bridgehead atoms. The maximum absolute atomic E-state index is 13.1. The van der Waals surface area contributed by atoms with Gasteiger partial charge in [0, 0.05) is 32.3 Å². The van der Waals surface area contributed by atoms with Crippen LogP contribution in [0.2, 0.25) is 0 Å². The number of piperidine rings is 2. The molecule has 0 radical (unpaired) electrons. The van der Waals surface area contributed by atoms with Gasteiger partial charge < -0.3 is 9.80 Å². The first-order chi connectivity index (χ1) is 15.5. The summed E-state index contributed by atoms with van der Waals surface area (Å²) >= 11 is 0. The molecule has 6 nitrogen and oxygen atoms in total. The van der Waals surface area contributed by atoms with E-state index in [0.717, 1.165) is 50.8 Å². The predicted octanol–water partition coefficient (Wildman–Crippen LogP) is 4.24. The van der Waals surface area contributed by atoms with Crippen molar-refractivity contribution in [2.75, 3.05) is 19.6 Å². The van der Waals surface area contributed by atoms with E-state index in [0.29, 0.717) is 36.5 Å². The number of hydrogen-bond acceptors (Lipinski definition) is 4. The molecule has 3 heterocycles. The third kappa shape index (κ3) is 5.14. The molecule has 2 aliphatic heterocycles. The van der Waals surface area contributed by atoms with Gasteiger partial charge in [-0.25, -0.2) is 14.4 Å². The highest BCUT2D eigenvalue weighted by Gasteiger charge is 2.30. The molecule has 2 aliphatic rings. The molecule has 2 amide bonds. The lowest BCUT2D eigenvalue weighted by atomic mass is 9.99. The summed E-state index contributed by atoms with van der Waals surface area (Å²) in [5.74, 6) is 0.414. The summed E-state index contributed by atoms with van der Waals surface area (Å²) in [4.78, 5) is 38.9. The van der Waals surface area contributed by atoms with Crippen molar-refractivity contribution in [3.8, 4) is 0 Å². The number of hydrogen-bond donors (Lipinski definition) is 0. The Morgan fingerprint density at radius 3 is 2.47 bits per heavy atom. The largest absolute Gasteiger partial charge is 0.339 e. The van der Waals surface area contributed by atoms with Crippen LogP contribution in [-0.2, 0) is 11.2 Å². The lowest BCUT2D eigenvalue weighted by Gasteiger charge is -2.35. The molecule has 0 saturated carbocycles. The number of carbonyl (C=O) groups excluding carboxylic acids is 2. The van der Waals surface area contributed by atoms with E-state index in [9.17, 15) is 14.0 Å². The molecule has 2 fully saturated rings. The quantitative estimate of drug-likeness (QED) is 0.701. The predicted molar refractivity (Wildman–Crippen MR) is 120 cm³/mol. The van der Waals surface area contributed by atoms with Gasteiger partial charge in [0.25, 0.3) is 5.91 Å². The molecule has 1 aromatic heterocycles. The summed E-state index contributed by atoms with van der Waals surface area (Å²) in [6.45, 7) is 4.12. The van der Waals surface area contributed by atoms with Gasteiger partial charge in [-0.2, -0.15) is 0 Å². The first-order valence-corrected chi connectivity index (χ1v) is 11.7. The van der Waals surface area contributed by atoms with Gasteiger partial charge in [0.15, 0.2) is 5.82 Å². The Bertz CT molecular complexity index is 957. The second kappa shape index (κ2) is 10.2. The number of rotatable bonds is 5. The van der Waals surface area contributed by atoms with Crippen molar-refractivity contribution < 1.29 is 14.0 Å². The van der Waals surface area contributed by atoms with Gasteiger partial charge in [0.05, 0.1) is 17.3 Å². The van der Waals surface area contributed by atoms with Gasteiger partial charge in [-0.05, 0) is 69.6 Å². The van der Waals surface area contributed by atoms with Crippen LogP contribution < -0.4 is 0 Å². The van der Waals surface area contributed by atoms with Crippen molar-refractivity contribution in [3.05, 3.63) is 58.9 Å². The fourth-order valence-electron chi connectivity index (χ4n) is 4.67. The van der Waals surface area contributed by atoms with E-state index in [1.54, 1.807) is 18.3 Å². The molecular formula is C25H31FN4O2. The number of likely N-dealkylation sites (tertiary alicyclic amines) is 2. The van der Waals surface area contributed by atoms with E-state index in [4.69, 9.17) is 0 Å². The second-order valence-corrected chi connectivity index (χ2v) is 8.81. The zero-order valence-corrected chi connectivity index (χ0v) is 18.7. The van der Waals surface area contributed by atoms with E-state index in [2.05, 4.69) is 9.97 Å². The SMILES string of the molecule is Cc1nc([C@H]2CCCCN2C(=O)CCc2ccc(F)cc2)ncc1C(=O)N1CCCCC1. The summed E-state index contributed by atoms with van der Waals surface area (Å²) in [5.41, 5.74) is 2.18. The summed E-state index contributed by atoms with van der Waals surface area (Å²) in [6, 6.07) is 6.13. The Kier molecular flexibility index (Phi) is 7.12. The van der Waals surface area contributed by atoms with Crippen molar-refractivity contribution in [2.24, 2.45) is 0 Å². The molecule has 0 N–H and O–H groups in total. The average molecular weight is 439 g/mol. The first-order valence-electron chi connectivity index (χ1n) is 11.7. The number of carbonyl (C=O) groups is 2. The van der Waals surface area contributed by atoms with Crippen molar-refractivity contribution in [3.63, 3.8) is 0 Å². The molecule has 2 aromatic rings. The highest BCUT2D eigenvalue weighted by molar-refractivity contribution is 5.95. The molecule has 170 valence electrons. The van der Waals surface area contributed by atoms with E-state index < -0.39 is 0 Å². The Morgan fingerprint density at radius 2 is 1.75 bits per heavy atom. The smallest absolute Gasteiger partial charge is 0.257 e. The van der Waals surface area contributed by atoms with Crippen molar-refractivity contribution in [2.45, 2.75) is 64.3 Å². The van der Waals surface area contributed by atoms with Crippen LogP contribution in [0, 0.1) is 12.7 Å². The van der Waals surface area contributed by atoms with Crippen molar-refractivity contribution >= 4 is 11.8 Å². The number of benzene rings is 1. The highest BCUT2D eigenvalue weighted by Crippen LogP contribution is 2.30. The minimum absolute atomic E-state index is 0.00428. The molecule has 1 atom stereocenters. The lowest BCUT2D eigenvalue weighted by Crippen LogP contribution is -2.40. The Balaban J connectivity index is 1.45. The first kappa shape index (κ1) is 22.4. The Labute approximate surface area is 188 Å². The minimum atomic E-state index is -0.272. The fraction of sp³-hybridized carbons (Fsp3) is 0.520. The summed E-state index contributed by atoms with van der Waals surface area (Å²) in [7, 11) is 0. The molecular weight excluding hydrogens is 407 g/mol. The number of nitrogens with zero attached hydrogens (tertiary/aromatic N) is 4. The fourth-order valence-corrected chi connectivity index (χ4v) is 4.67. The molecule has 32 heavy (non-hydrogen) atoms. The topological polar surface area (TPSA) is 66.4 Å². The van der Waals surface area contributed by atoms with Crippen LogP contribution in [0.15, 0.2) is 30.5 Å². The van der Waals surface area contributed by atoms with Gasteiger partial charge in [0.2, 0.25) is 5.91 Å². The van der Waals surface area contributed by atoms with E-state index >= 15 is 0 Å². The van der Waals surface area contributed by atoms with Gasteiger partial charge in [-0.1, -0.05) is 12.1 Å².